The SMILES string of the molecule is Cc1cccc(/C=C/c2ccc(N(C)c3ccc(/C=C/c4cccc(C)c4)cc3)cc2)c1. The van der Waals surface area contributed by atoms with Gasteiger partial charge in [0.15, 0.2) is 0 Å². The van der Waals surface area contributed by atoms with Gasteiger partial charge in [-0.2, -0.15) is 0 Å². The Morgan fingerprint density at radius 3 is 1.22 bits per heavy atom. The van der Waals surface area contributed by atoms with Crippen molar-refractivity contribution in [1.29, 1.82) is 0 Å². The van der Waals surface area contributed by atoms with Crippen LogP contribution in [0.1, 0.15) is 33.4 Å². The molecule has 0 radical (unpaired) electrons. The quantitative estimate of drug-likeness (QED) is 0.286. The van der Waals surface area contributed by atoms with Gasteiger partial charge in [0.2, 0.25) is 0 Å². The molecule has 0 aliphatic heterocycles. The second-order valence-corrected chi connectivity index (χ2v) is 8.24. The molecule has 0 fully saturated rings. The highest BCUT2D eigenvalue weighted by atomic mass is 15.1. The van der Waals surface area contributed by atoms with E-state index in [1.54, 1.807) is 0 Å². The minimum Gasteiger partial charge on any atom is -0.345 e. The van der Waals surface area contributed by atoms with Crippen molar-refractivity contribution in [3.8, 4) is 0 Å². The van der Waals surface area contributed by atoms with Crippen LogP contribution in [0.4, 0.5) is 11.4 Å². The molecule has 4 aromatic carbocycles. The fourth-order valence-electron chi connectivity index (χ4n) is 3.70. The summed E-state index contributed by atoms with van der Waals surface area (Å²) in [4.78, 5) is 2.21. The summed E-state index contributed by atoms with van der Waals surface area (Å²) in [6, 6.07) is 34.4. The standard InChI is InChI=1S/C31H29N/c1-24-6-4-8-28(22-24)12-10-26-14-18-30(19-15-26)32(3)31-20-16-27(17-21-31)11-13-29-9-5-7-25(2)23-29/h4-23H,1-3H3/b12-10+,13-11+. The molecule has 0 unspecified atom stereocenters. The van der Waals surface area contributed by atoms with Crippen LogP contribution in [0.25, 0.3) is 24.3 Å². The molecule has 0 aromatic heterocycles. The predicted octanol–water partition coefficient (Wildman–Crippen LogP) is 8.41. The molecule has 32 heavy (non-hydrogen) atoms. The van der Waals surface area contributed by atoms with Crippen LogP contribution in [0, 0.1) is 13.8 Å². The molecule has 0 heterocycles. The summed E-state index contributed by atoms with van der Waals surface area (Å²) in [5.74, 6) is 0. The number of hydrogen-bond acceptors (Lipinski definition) is 1. The first-order chi connectivity index (χ1) is 15.6. The maximum Gasteiger partial charge on any atom is 0.0408 e. The summed E-state index contributed by atoms with van der Waals surface area (Å²) in [6.45, 7) is 4.24. The van der Waals surface area contributed by atoms with Gasteiger partial charge in [0.25, 0.3) is 0 Å². The van der Waals surface area contributed by atoms with Crippen LogP contribution in [0.2, 0.25) is 0 Å². The molecule has 0 aliphatic carbocycles. The van der Waals surface area contributed by atoms with Crippen molar-refractivity contribution in [3.05, 3.63) is 130 Å². The molecule has 0 saturated heterocycles. The molecule has 0 N–H and O–H groups in total. The minimum absolute atomic E-state index is 1.17. The lowest BCUT2D eigenvalue weighted by molar-refractivity contribution is 1.21. The first-order valence-electron chi connectivity index (χ1n) is 11.0. The topological polar surface area (TPSA) is 3.24 Å². The third-order valence-corrected chi connectivity index (χ3v) is 5.58. The van der Waals surface area contributed by atoms with Crippen molar-refractivity contribution in [2.45, 2.75) is 13.8 Å². The smallest absolute Gasteiger partial charge is 0.0408 e. The fourth-order valence-corrected chi connectivity index (χ4v) is 3.70. The molecule has 0 spiro atoms. The average molecular weight is 416 g/mol. The molecular formula is C31H29N. The predicted molar refractivity (Wildman–Crippen MR) is 141 cm³/mol. The second kappa shape index (κ2) is 9.98. The van der Waals surface area contributed by atoms with Gasteiger partial charge in [-0.3, -0.25) is 0 Å². The molecule has 0 amide bonds. The Balaban J connectivity index is 1.42. The van der Waals surface area contributed by atoms with E-state index in [1.165, 1.54) is 44.8 Å². The monoisotopic (exact) mass is 415 g/mol. The van der Waals surface area contributed by atoms with Gasteiger partial charge in [0.1, 0.15) is 0 Å². The average Bonchev–Trinajstić information content (AvgIpc) is 2.82. The molecule has 0 saturated carbocycles. The van der Waals surface area contributed by atoms with Gasteiger partial charge in [-0.1, -0.05) is 108 Å². The Kier molecular flexibility index (Phi) is 6.67. The Hall–Kier alpha value is -3.84. The summed E-state index contributed by atoms with van der Waals surface area (Å²) in [5.41, 5.74) is 9.73. The highest BCUT2D eigenvalue weighted by Crippen LogP contribution is 2.25. The lowest BCUT2D eigenvalue weighted by atomic mass is 10.1. The molecule has 158 valence electrons. The molecule has 1 heteroatoms. The fraction of sp³-hybridized carbons (Fsp3) is 0.0968. The van der Waals surface area contributed by atoms with Gasteiger partial charge >= 0.3 is 0 Å². The highest BCUT2D eigenvalue weighted by molar-refractivity contribution is 5.73. The van der Waals surface area contributed by atoms with E-state index in [2.05, 4.69) is 147 Å². The van der Waals surface area contributed by atoms with Gasteiger partial charge in [0.05, 0.1) is 0 Å². The van der Waals surface area contributed by atoms with Gasteiger partial charge in [0, 0.05) is 18.4 Å². The van der Waals surface area contributed by atoms with E-state index in [-0.39, 0.29) is 0 Å². The van der Waals surface area contributed by atoms with Crippen molar-refractivity contribution >= 4 is 35.7 Å². The first-order valence-corrected chi connectivity index (χ1v) is 11.0. The van der Waals surface area contributed by atoms with Crippen LogP contribution < -0.4 is 4.90 Å². The third kappa shape index (κ3) is 5.65. The maximum atomic E-state index is 2.21. The molecule has 4 aromatic rings. The van der Waals surface area contributed by atoms with E-state index in [0.717, 1.165) is 0 Å². The number of anilines is 2. The maximum absolute atomic E-state index is 2.21. The zero-order valence-corrected chi connectivity index (χ0v) is 19.0. The number of benzene rings is 4. The highest BCUT2D eigenvalue weighted by Gasteiger charge is 2.03. The lowest BCUT2D eigenvalue weighted by Gasteiger charge is -2.20. The van der Waals surface area contributed by atoms with Crippen molar-refractivity contribution in [2.24, 2.45) is 0 Å². The number of hydrogen-bond donors (Lipinski definition) is 0. The van der Waals surface area contributed by atoms with Crippen molar-refractivity contribution in [1.82, 2.24) is 0 Å². The van der Waals surface area contributed by atoms with Crippen molar-refractivity contribution in [2.75, 3.05) is 11.9 Å². The summed E-state index contributed by atoms with van der Waals surface area (Å²) in [5, 5.41) is 0. The molecule has 1 nitrogen and oxygen atoms in total. The number of nitrogens with zero attached hydrogens (tertiary/aromatic N) is 1. The van der Waals surface area contributed by atoms with Gasteiger partial charge in [-0.15, -0.1) is 0 Å². The van der Waals surface area contributed by atoms with Crippen molar-refractivity contribution in [3.63, 3.8) is 0 Å². The molecule has 0 atom stereocenters. The van der Waals surface area contributed by atoms with Crippen LogP contribution >= 0.6 is 0 Å². The zero-order valence-electron chi connectivity index (χ0n) is 19.0. The lowest BCUT2D eigenvalue weighted by Crippen LogP contribution is -2.08. The Bertz CT molecular complexity index is 1130. The van der Waals surface area contributed by atoms with Gasteiger partial charge < -0.3 is 4.90 Å². The summed E-state index contributed by atoms with van der Waals surface area (Å²) in [6.07, 6.45) is 8.64. The Morgan fingerprint density at radius 2 is 0.844 bits per heavy atom. The van der Waals surface area contributed by atoms with E-state index in [1.807, 2.05) is 0 Å². The van der Waals surface area contributed by atoms with Crippen LogP contribution in [-0.4, -0.2) is 7.05 Å². The van der Waals surface area contributed by atoms with Crippen LogP contribution in [0.3, 0.4) is 0 Å². The first kappa shape index (κ1) is 21.4. The molecule has 0 aliphatic rings. The van der Waals surface area contributed by atoms with Crippen LogP contribution in [0.5, 0.6) is 0 Å². The van der Waals surface area contributed by atoms with Crippen LogP contribution in [0.15, 0.2) is 97.1 Å². The summed E-state index contributed by atoms with van der Waals surface area (Å²) >= 11 is 0. The van der Waals surface area contributed by atoms with E-state index in [9.17, 15) is 0 Å². The zero-order chi connectivity index (χ0) is 22.3. The molecular weight excluding hydrogens is 386 g/mol. The van der Waals surface area contributed by atoms with Gasteiger partial charge in [-0.05, 0) is 60.4 Å². The van der Waals surface area contributed by atoms with E-state index < -0.39 is 0 Å². The largest absolute Gasteiger partial charge is 0.345 e. The Morgan fingerprint density at radius 1 is 0.469 bits per heavy atom. The van der Waals surface area contributed by atoms with Crippen LogP contribution in [-0.2, 0) is 0 Å². The molecule has 4 rings (SSSR count). The normalized spacial score (nSPS) is 11.3. The van der Waals surface area contributed by atoms with E-state index in [4.69, 9.17) is 0 Å². The van der Waals surface area contributed by atoms with Gasteiger partial charge in [-0.25, -0.2) is 0 Å². The second-order valence-electron chi connectivity index (χ2n) is 8.24. The van der Waals surface area contributed by atoms with E-state index in [0.29, 0.717) is 0 Å². The summed E-state index contributed by atoms with van der Waals surface area (Å²) in [7, 11) is 2.11. The number of aryl methyl sites for hydroxylation is 2. The van der Waals surface area contributed by atoms with E-state index >= 15 is 0 Å². The Labute approximate surface area is 192 Å². The van der Waals surface area contributed by atoms with Crippen molar-refractivity contribution < 1.29 is 0 Å². The third-order valence-electron chi connectivity index (χ3n) is 5.58. The molecule has 0 bridgehead atoms. The number of rotatable bonds is 6. The summed E-state index contributed by atoms with van der Waals surface area (Å²) < 4.78 is 0. The minimum atomic E-state index is 1.17.